The standard InChI is InChI=1S/C34H35N3O4S2/c1-5-6-7-18-41-26-16-14-25(15-17-26)29-28(30(38)27-19-22(3)8-11-23(27)4)31(39)32(40)37(29)33-35-36-34(43-33)42-20-24-12-9-21(2)10-13-24/h8-17,19,29,38H,5-7,18,20H2,1-4H3/b30-28+. The van der Waals surface area contributed by atoms with Gasteiger partial charge in [0.15, 0.2) is 4.34 Å². The van der Waals surface area contributed by atoms with Crippen LogP contribution in [-0.4, -0.2) is 33.6 Å². The predicted molar refractivity (Wildman–Crippen MR) is 173 cm³/mol. The molecule has 2 heterocycles. The van der Waals surface area contributed by atoms with Gasteiger partial charge >= 0.3 is 5.91 Å². The summed E-state index contributed by atoms with van der Waals surface area (Å²) < 4.78 is 6.58. The van der Waals surface area contributed by atoms with Gasteiger partial charge in [-0.15, -0.1) is 10.2 Å². The number of aryl methyl sites for hydroxylation is 3. The van der Waals surface area contributed by atoms with Gasteiger partial charge in [-0.1, -0.05) is 103 Å². The molecule has 0 spiro atoms. The molecule has 1 N–H and O–H groups in total. The fourth-order valence-electron chi connectivity index (χ4n) is 4.96. The number of anilines is 1. The Labute approximate surface area is 260 Å². The molecule has 1 amide bonds. The average Bonchev–Trinajstić information content (AvgIpc) is 3.58. The van der Waals surface area contributed by atoms with Gasteiger partial charge in [0.05, 0.1) is 18.2 Å². The second kappa shape index (κ2) is 13.6. The molecule has 222 valence electrons. The minimum absolute atomic E-state index is 0.0272. The Bertz CT molecular complexity index is 1650. The van der Waals surface area contributed by atoms with E-state index >= 15 is 0 Å². The summed E-state index contributed by atoms with van der Waals surface area (Å²) in [6.45, 7) is 8.60. The van der Waals surface area contributed by atoms with E-state index in [1.54, 1.807) is 0 Å². The second-order valence-corrected chi connectivity index (χ2v) is 12.9. The topological polar surface area (TPSA) is 92.6 Å². The monoisotopic (exact) mass is 613 g/mol. The summed E-state index contributed by atoms with van der Waals surface area (Å²) in [6, 6.07) is 20.4. The molecule has 5 rings (SSSR count). The van der Waals surface area contributed by atoms with Crippen molar-refractivity contribution in [1.82, 2.24) is 10.2 Å². The Hall–Kier alpha value is -3.95. The van der Waals surface area contributed by atoms with Gasteiger partial charge in [0.25, 0.3) is 5.78 Å². The number of aliphatic hydroxyl groups excluding tert-OH is 1. The average molecular weight is 614 g/mol. The van der Waals surface area contributed by atoms with Crippen LogP contribution >= 0.6 is 23.1 Å². The van der Waals surface area contributed by atoms with Crippen LogP contribution in [0.2, 0.25) is 0 Å². The largest absolute Gasteiger partial charge is 0.507 e. The lowest BCUT2D eigenvalue weighted by molar-refractivity contribution is -0.132. The highest BCUT2D eigenvalue weighted by molar-refractivity contribution is 8.00. The molecule has 3 aromatic carbocycles. The number of ether oxygens (including phenoxy) is 1. The van der Waals surface area contributed by atoms with E-state index in [1.807, 2.05) is 63.2 Å². The fraction of sp³-hybridized carbons (Fsp3) is 0.294. The molecule has 1 aliphatic rings. The number of Topliss-reactive ketones (excluding diaryl/α,β-unsaturated/α-hetero) is 1. The smallest absolute Gasteiger partial charge is 0.301 e. The number of carbonyl (C=O) groups is 2. The van der Waals surface area contributed by atoms with Crippen LogP contribution in [0.5, 0.6) is 5.75 Å². The predicted octanol–water partition coefficient (Wildman–Crippen LogP) is 7.95. The summed E-state index contributed by atoms with van der Waals surface area (Å²) in [7, 11) is 0. The number of hydrogen-bond donors (Lipinski definition) is 1. The normalized spacial score (nSPS) is 16.2. The number of aromatic nitrogens is 2. The van der Waals surface area contributed by atoms with Gasteiger partial charge in [0.1, 0.15) is 11.5 Å². The molecule has 7 nitrogen and oxygen atoms in total. The number of benzene rings is 3. The van der Waals surface area contributed by atoms with Crippen LogP contribution in [0.25, 0.3) is 5.76 Å². The van der Waals surface area contributed by atoms with E-state index in [-0.39, 0.29) is 11.3 Å². The molecule has 43 heavy (non-hydrogen) atoms. The summed E-state index contributed by atoms with van der Waals surface area (Å²) in [4.78, 5) is 28.6. The Balaban J connectivity index is 1.51. The zero-order valence-electron chi connectivity index (χ0n) is 24.8. The van der Waals surface area contributed by atoms with E-state index in [0.717, 1.165) is 36.0 Å². The summed E-state index contributed by atoms with van der Waals surface area (Å²) in [6.07, 6.45) is 3.17. The van der Waals surface area contributed by atoms with Gasteiger partial charge in [0, 0.05) is 11.3 Å². The van der Waals surface area contributed by atoms with Gasteiger partial charge in [-0.2, -0.15) is 0 Å². The number of hydrogen-bond acceptors (Lipinski definition) is 8. The minimum atomic E-state index is -0.878. The third kappa shape index (κ3) is 6.84. The first-order valence-electron chi connectivity index (χ1n) is 14.4. The number of carbonyl (C=O) groups excluding carboxylic acids is 2. The molecule has 0 aliphatic carbocycles. The molecule has 1 aliphatic heterocycles. The Morgan fingerprint density at radius 1 is 0.953 bits per heavy atom. The third-order valence-electron chi connectivity index (χ3n) is 7.39. The van der Waals surface area contributed by atoms with Crippen molar-refractivity contribution in [3.8, 4) is 5.75 Å². The number of nitrogens with zero attached hydrogens (tertiary/aromatic N) is 3. The Morgan fingerprint density at radius 3 is 2.40 bits per heavy atom. The van der Waals surface area contributed by atoms with Crippen LogP contribution < -0.4 is 9.64 Å². The molecule has 0 radical (unpaired) electrons. The Morgan fingerprint density at radius 2 is 1.67 bits per heavy atom. The Kier molecular flexibility index (Phi) is 9.62. The number of ketones is 1. The van der Waals surface area contributed by atoms with Gasteiger partial charge < -0.3 is 9.84 Å². The third-order valence-corrected chi connectivity index (χ3v) is 9.52. The van der Waals surface area contributed by atoms with Crippen molar-refractivity contribution < 1.29 is 19.4 Å². The first-order chi connectivity index (χ1) is 20.8. The highest BCUT2D eigenvalue weighted by Gasteiger charge is 2.48. The molecule has 1 aromatic heterocycles. The molecule has 0 bridgehead atoms. The van der Waals surface area contributed by atoms with Crippen LogP contribution in [0.4, 0.5) is 5.13 Å². The van der Waals surface area contributed by atoms with Crippen molar-refractivity contribution in [2.45, 2.75) is 63.1 Å². The first-order valence-corrected chi connectivity index (χ1v) is 16.2. The maximum Gasteiger partial charge on any atom is 0.301 e. The van der Waals surface area contributed by atoms with Crippen LogP contribution in [0.15, 0.2) is 76.6 Å². The summed E-state index contributed by atoms with van der Waals surface area (Å²) in [5.41, 5.74) is 5.29. The van der Waals surface area contributed by atoms with Crippen LogP contribution in [0.3, 0.4) is 0 Å². The van der Waals surface area contributed by atoms with E-state index < -0.39 is 17.7 Å². The van der Waals surface area contributed by atoms with Gasteiger partial charge in [-0.05, 0) is 62.1 Å². The zero-order chi connectivity index (χ0) is 30.5. The molecule has 9 heteroatoms. The molecular formula is C34H35N3O4S2. The molecular weight excluding hydrogens is 579 g/mol. The second-order valence-electron chi connectivity index (χ2n) is 10.7. The van der Waals surface area contributed by atoms with Crippen LogP contribution in [-0.2, 0) is 15.3 Å². The highest BCUT2D eigenvalue weighted by atomic mass is 32.2. The number of thioether (sulfide) groups is 1. The van der Waals surface area contributed by atoms with Gasteiger partial charge in [-0.3, -0.25) is 14.5 Å². The number of amides is 1. The first kappa shape index (κ1) is 30.5. The molecule has 1 saturated heterocycles. The SMILES string of the molecule is CCCCCOc1ccc(C2/C(=C(\O)c3cc(C)ccc3C)C(=O)C(=O)N2c2nnc(SCc3ccc(C)cc3)s2)cc1. The van der Waals surface area contributed by atoms with Crippen molar-refractivity contribution >= 4 is 45.7 Å². The van der Waals surface area contributed by atoms with E-state index in [0.29, 0.717) is 38.7 Å². The van der Waals surface area contributed by atoms with Crippen molar-refractivity contribution in [3.63, 3.8) is 0 Å². The van der Waals surface area contributed by atoms with Crippen molar-refractivity contribution in [1.29, 1.82) is 0 Å². The molecule has 1 atom stereocenters. The maximum atomic E-state index is 13.6. The van der Waals surface area contributed by atoms with Crippen molar-refractivity contribution in [3.05, 3.63) is 106 Å². The summed E-state index contributed by atoms with van der Waals surface area (Å²) in [5, 5.41) is 20.5. The van der Waals surface area contributed by atoms with Crippen molar-refractivity contribution in [2.75, 3.05) is 11.5 Å². The van der Waals surface area contributed by atoms with E-state index in [2.05, 4.69) is 41.4 Å². The number of rotatable bonds is 11. The fourth-order valence-corrected chi connectivity index (χ4v) is 6.78. The molecule has 1 fully saturated rings. The van der Waals surface area contributed by atoms with E-state index in [4.69, 9.17) is 4.74 Å². The van der Waals surface area contributed by atoms with Gasteiger partial charge in [-0.25, -0.2) is 0 Å². The van der Waals surface area contributed by atoms with E-state index in [1.165, 1.54) is 33.6 Å². The van der Waals surface area contributed by atoms with Gasteiger partial charge in [0.2, 0.25) is 5.13 Å². The number of aliphatic hydroxyl groups is 1. The lowest BCUT2D eigenvalue weighted by Crippen LogP contribution is -2.29. The summed E-state index contributed by atoms with van der Waals surface area (Å²) in [5.74, 6) is -0.304. The number of unbranched alkanes of at least 4 members (excludes halogenated alkanes) is 2. The maximum absolute atomic E-state index is 13.6. The summed E-state index contributed by atoms with van der Waals surface area (Å²) >= 11 is 2.78. The quantitative estimate of drug-likeness (QED) is 0.0458. The van der Waals surface area contributed by atoms with Crippen LogP contribution in [0.1, 0.15) is 65.6 Å². The lowest BCUT2D eigenvalue weighted by Gasteiger charge is -2.23. The highest BCUT2D eigenvalue weighted by Crippen LogP contribution is 2.44. The van der Waals surface area contributed by atoms with Crippen molar-refractivity contribution in [2.24, 2.45) is 0 Å². The lowest BCUT2D eigenvalue weighted by atomic mass is 9.93. The minimum Gasteiger partial charge on any atom is -0.507 e. The van der Waals surface area contributed by atoms with E-state index in [9.17, 15) is 14.7 Å². The molecule has 4 aromatic rings. The van der Waals surface area contributed by atoms with Crippen LogP contribution in [0, 0.1) is 20.8 Å². The molecule has 0 saturated carbocycles. The zero-order valence-corrected chi connectivity index (χ0v) is 26.4. The molecule has 1 unspecified atom stereocenters.